The average Bonchev–Trinajstić information content (AvgIpc) is 2.14. The van der Waals surface area contributed by atoms with Gasteiger partial charge in [0.25, 0.3) is 0 Å². The number of hydrogen-bond acceptors (Lipinski definition) is 4. The summed E-state index contributed by atoms with van der Waals surface area (Å²) in [7, 11) is -2.75. The smallest absolute Gasteiger partial charge is 0.290 e. The predicted molar refractivity (Wildman–Crippen MR) is 48.0 cm³/mol. The lowest BCUT2D eigenvalue weighted by molar-refractivity contribution is 0.0340. The lowest BCUT2D eigenvalue weighted by atomic mass is 10.8. The van der Waals surface area contributed by atoms with Gasteiger partial charge in [0.2, 0.25) is 6.36 Å². The largest absolute Gasteiger partial charge is 0.477 e. The molecule has 0 saturated heterocycles. The maximum absolute atomic E-state index is 12.5. The zero-order valence-corrected chi connectivity index (χ0v) is 9.32. The minimum atomic E-state index is -3.83. The van der Waals surface area contributed by atoms with Crippen molar-refractivity contribution in [1.29, 1.82) is 0 Å². The Hall–Kier alpha value is 0.620. The Morgan fingerprint density at radius 1 is 1.54 bits per heavy atom. The summed E-state index contributed by atoms with van der Waals surface area (Å²) < 4.78 is 37.0. The second-order valence-corrected chi connectivity index (χ2v) is 4.24. The summed E-state index contributed by atoms with van der Waals surface area (Å²) in [4.78, 5) is 0. The van der Waals surface area contributed by atoms with Gasteiger partial charge in [0.15, 0.2) is 0 Å². The molecule has 0 rings (SSSR count). The van der Waals surface area contributed by atoms with E-state index < -0.39 is 20.1 Å². The van der Waals surface area contributed by atoms with Gasteiger partial charge >= 0.3 is 7.82 Å². The Morgan fingerprint density at radius 2 is 2.15 bits per heavy atom. The van der Waals surface area contributed by atoms with E-state index in [0.29, 0.717) is 0 Å². The Morgan fingerprint density at radius 3 is 2.54 bits per heavy atom. The van der Waals surface area contributed by atoms with Crippen LogP contribution in [-0.2, 0) is 18.1 Å². The lowest BCUT2D eigenvalue weighted by Gasteiger charge is -2.16. The molecule has 0 N–H and O–H groups in total. The third-order valence-electron chi connectivity index (χ3n) is 0.915. The highest BCUT2D eigenvalue weighted by atomic mass is 35.5. The van der Waals surface area contributed by atoms with Crippen molar-refractivity contribution >= 4 is 31.0 Å². The Kier molecular flexibility index (Phi) is 7.32. The van der Waals surface area contributed by atoms with Crippen molar-refractivity contribution in [1.82, 2.24) is 0 Å². The Bertz CT molecular complexity index is 182. The predicted octanol–water partition coefficient (Wildman–Crippen LogP) is 2.55. The molecule has 2 atom stereocenters. The summed E-state index contributed by atoms with van der Waals surface area (Å²) in [6.07, 6.45) is -1.89. The molecule has 0 amide bonds. The van der Waals surface area contributed by atoms with Gasteiger partial charge in [0.05, 0.1) is 12.5 Å². The van der Waals surface area contributed by atoms with E-state index in [2.05, 4.69) is 13.6 Å². The molecule has 0 aliphatic carbocycles. The molecule has 4 nitrogen and oxygen atoms in total. The molecule has 0 fully saturated rings. The van der Waals surface area contributed by atoms with Crippen molar-refractivity contribution in [2.75, 3.05) is 25.5 Å². The molecule has 0 radical (unpaired) electrons. The summed E-state index contributed by atoms with van der Waals surface area (Å²) in [5.74, 6) is -0.341. The van der Waals surface area contributed by atoms with E-state index in [9.17, 15) is 8.96 Å². The van der Waals surface area contributed by atoms with Crippen LogP contribution in [0.15, 0.2) is 0 Å². The van der Waals surface area contributed by atoms with Crippen LogP contribution in [-0.4, -0.2) is 31.8 Å². The highest BCUT2D eigenvalue weighted by molar-refractivity contribution is 7.48. The molecule has 0 aromatic rings. The molecular formula is C5H10Cl2FO4P. The summed E-state index contributed by atoms with van der Waals surface area (Å²) in [6.45, 7) is -0.0539. The zero-order chi connectivity index (χ0) is 10.3. The lowest BCUT2D eigenvalue weighted by Crippen LogP contribution is -2.09. The number of rotatable bonds is 7. The van der Waals surface area contributed by atoms with Crippen LogP contribution in [0.5, 0.6) is 0 Å². The number of alkyl halides is 3. The summed E-state index contributed by atoms with van der Waals surface area (Å²) in [5.41, 5.74) is 0. The van der Waals surface area contributed by atoms with Gasteiger partial charge in [-0.15, -0.1) is 23.2 Å². The van der Waals surface area contributed by atoms with E-state index in [-0.39, 0.29) is 12.5 Å². The molecule has 8 heteroatoms. The second-order valence-electron chi connectivity index (χ2n) is 1.82. The third-order valence-corrected chi connectivity index (χ3v) is 2.74. The molecule has 2 unspecified atom stereocenters. The minimum Gasteiger partial charge on any atom is -0.290 e. The topological polar surface area (TPSA) is 44.8 Å². The Labute approximate surface area is 85.9 Å². The monoisotopic (exact) mass is 254 g/mol. The van der Waals surface area contributed by atoms with Gasteiger partial charge < -0.3 is 0 Å². The van der Waals surface area contributed by atoms with E-state index in [1.54, 1.807) is 0 Å². The van der Waals surface area contributed by atoms with Crippen LogP contribution in [0.25, 0.3) is 0 Å². The van der Waals surface area contributed by atoms with Crippen LogP contribution in [0, 0.1) is 0 Å². The maximum Gasteiger partial charge on any atom is 0.477 e. The quantitative estimate of drug-likeness (QED) is 0.518. The number of hydrogen-bond donors (Lipinski definition) is 0. The van der Waals surface area contributed by atoms with Gasteiger partial charge in [0, 0.05) is 13.0 Å². The van der Waals surface area contributed by atoms with Crippen molar-refractivity contribution in [2.45, 2.75) is 6.36 Å². The first-order valence-electron chi connectivity index (χ1n) is 3.32. The molecule has 0 aromatic carbocycles. The first-order valence-corrected chi connectivity index (χ1v) is 5.85. The van der Waals surface area contributed by atoms with Gasteiger partial charge in [-0.2, -0.15) is 0 Å². The summed E-state index contributed by atoms with van der Waals surface area (Å²) in [6, 6.07) is 0. The Balaban J connectivity index is 4.03. The molecule has 0 aliphatic rings. The van der Waals surface area contributed by atoms with Crippen molar-refractivity contribution in [3.05, 3.63) is 0 Å². The van der Waals surface area contributed by atoms with Crippen LogP contribution in [0.1, 0.15) is 0 Å². The van der Waals surface area contributed by atoms with Crippen LogP contribution in [0.2, 0.25) is 0 Å². The maximum atomic E-state index is 12.5. The molecule has 0 aromatic heterocycles. The normalized spacial score (nSPS) is 18.2. The fourth-order valence-corrected chi connectivity index (χ4v) is 1.70. The number of phosphoric ester groups is 1. The average molecular weight is 255 g/mol. The van der Waals surface area contributed by atoms with Gasteiger partial charge in [0.1, 0.15) is 0 Å². The van der Waals surface area contributed by atoms with Crippen molar-refractivity contribution in [3.8, 4) is 0 Å². The van der Waals surface area contributed by atoms with Crippen LogP contribution < -0.4 is 0 Å². The highest BCUT2D eigenvalue weighted by Crippen LogP contribution is 2.49. The SMILES string of the molecule is COP(=O)(OCCCl)OC(F)CCl. The van der Waals surface area contributed by atoms with E-state index in [1.165, 1.54) is 0 Å². The molecule has 0 heterocycles. The fourth-order valence-electron chi connectivity index (χ4n) is 0.441. The molecule has 0 spiro atoms. The fraction of sp³-hybridized carbons (Fsp3) is 1.00. The highest BCUT2D eigenvalue weighted by Gasteiger charge is 2.28. The van der Waals surface area contributed by atoms with Gasteiger partial charge in [-0.25, -0.2) is 8.96 Å². The standard InChI is InChI=1S/C5H10Cl2FO4P/c1-10-13(9,11-3-2-6)12-5(8)4-7/h5H,2-4H2,1H3. The van der Waals surface area contributed by atoms with Gasteiger partial charge in [-0.3, -0.25) is 13.6 Å². The zero-order valence-electron chi connectivity index (χ0n) is 6.91. The van der Waals surface area contributed by atoms with Crippen LogP contribution in [0.4, 0.5) is 4.39 Å². The molecular weight excluding hydrogens is 245 g/mol. The number of phosphoric acid groups is 1. The second kappa shape index (κ2) is 6.98. The molecule has 0 bridgehead atoms. The molecule has 80 valence electrons. The summed E-state index contributed by atoms with van der Waals surface area (Å²) in [5, 5.41) is 0. The molecule has 0 saturated carbocycles. The van der Waals surface area contributed by atoms with Crippen molar-refractivity contribution in [3.63, 3.8) is 0 Å². The van der Waals surface area contributed by atoms with Gasteiger partial charge in [-0.1, -0.05) is 0 Å². The van der Waals surface area contributed by atoms with E-state index in [1.807, 2.05) is 0 Å². The first-order chi connectivity index (χ1) is 6.08. The summed E-state index contributed by atoms with van der Waals surface area (Å²) >= 11 is 10.3. The minimum absolute atomic E-state index is 0.0539. The first kappa shape index (κ1) is 13.6. The van der Waals surface area contributed by atoms with E-state index in [4.69, 9.17) is 23.2 Å². The number of halogens is 3. The van der Waals surface area contributed by atoms with Crippen LogP contribution >= 0.6 is 31.0 Å². The van der Waals surface area contributed by atoms with E-state index in [0.717, 1.165) is 7.11 Å². The van der Waals surface area contributed by atoms with E-state index >= 15 is 0 Å². The third kappa shape index (κ3) is 5.83. The van der Waals surface area contributed by atoms with Crippen molar-refractivity contribution < 1.29 is 22.5 Å². The molecule has 0 aliphatic heterocycles. The molecule has 13 heavy (non-hydrogen) atoms. The van der Waals surface area contributed by atoms with Crippen molar-refractivity contribution in [2.24, 2.45) is 0 Å². The van der Waals surface area contributed by atoms with Crippen LogP contribution in [0.3, 0.4) is 0 Å². The van der Waals surface area contributed by atoms with Gasteiger partial charge in [-0.05, 0) is 0 Å².